The Balaban J connectivity index is 0. The fourth-order valence-electron chi connectivity index (χ4n) is 0. The molecule has 32 valence electrons. The van der Waals surface area contributed by atoms with Crippen molar-refractivity contribution in [2.75, 3.05) is 0 Å². The van der Waals surface area contributed by atoms with Gasteiger partial charge < -0.3 is 6.15 Å². The molecule has 0 heterocycles. The fourth-order valence-corrected chi connectivity index (χ4v) is 0. The second-order valence-electron chi connectivity index (χ2n) is 0. The Morgan fingerprint density at radius 3 is 1.00 bits per heavy atom. The van der Waals surface area contributed by atoms with E-state index in [2.05, 4.69) is 0 Å². The van der Waals surface area contributed by atoms with Gasteiger partial charge in [-0.1, -0.05) is 0 Å². The molecule has 0 aliphatic rings. The van der Waals surface area contributed by atoms with Crippen LogP contribution in [0, 0.1) is 0 Å². The van der Waals surface area contributed by atoms with Crippen LogP contribution in [0.3, 0.4) is 0 Å². The Hall–Kier alpha value is 0.904. The molecule has 0 saturated carbocycles. The molecule has 3 N–H and O–H groups in total. The molecular weight excluding hydrogens is 159 g/mol. The van der Waals surface area contributed by atoms with Gasteiger partial charge in [0.05, 0.1) is 8.41 Å². The molecule has 0 fully saturated rings. The van der Waals surface area contributed by atoms with Crippen molar-refractivity contribution in [3.05, 3.63) is 0 Å². The molecule has 0 amide bonds. The molecule has 0 spiro atoms. The van der Waals surface area contributed by atoms with E-state index in [-0.39, 0.29) is 46.0 Å². The van der Waals surface area contributed by atoms with Gasteiger partial charge in [-0.2, -0.15) is 0 Å². The Morgan fingerprint density at radius 2 is 1.00 bits per heavy atom. The quantitative estimate of drug-likeness (QED) is 0.401. The summed E-state index contributed by atoms with van der Waals surface area (Å²) in [5.74, 6) is 0. The van der Waals surface area contributed by atoms with Crippen LogP contribution in [0.5, 0.6) is 0 Å². The van der Waals surface area contributed by atoms with Crippen molar-refractivity contribution in [3.63, 3.8) is 0 Å². The summed E-state index contributed by atoms with van der Waals surface area (Å²) in [6.45, 7) is 0. The maximum atomic E-state index is 0. The summed E-state index contributed by atoms with van der Waals surface area (Å²) < 4.78 is 0. The average Bonchev–Trinajstić information content (AvgIpc) is 0. The van der Waals surface area contributed by atoms with Crippen molar-refractivity contribution >= 4 is 19.4 Å². The van der Waals surface area contributed by atoms with Crippen LogP contribution >= 0.6 is 0 Å². The van der Waals surface area contributed by atoms with E-state index >= 15 is 0 Å². The van der Waals surface area contributed by atoms with E-state index in [1.807, 2.05) is 0 Å². The first-order valence-electron chi connectivity index (χ1n) is 0. The maximum absolute atomic E-state index is 0. The standard InChI is InChI=1S/BH3.H3N.Pd.H4Si/h2*1H3;;1H4. The summed E-state index contributed by atoms with van der Waals surface area (Å²) in [6.07, 6.45) is 0. The molecule has 0 radical (unpaired) electrons. The van der Waals surface area contributed by atoms with E-state index in [9.17, 15) is 0 Å². The zero-order chi connectivity index (χ0) is 0. The van der Waals surface area contributed by atoms with Gasteiger partial charge in [0.15, 0.2) is 0 Å². The molecule has 0 unspecified atom stereocenters. The SMILES string of the molecule is B.N.[Pd].[SiH4]. The van der Waals surface area contributed by atoms with Crippen LogP contribution in [0.4, 0.5) is 0 Å². The van der Waals surface area contributed by atoms with Gasteiger partial charge in [0.1, 0.15) is 0 Å². The van der Waals surface area contributed by atoms with Crippen LogP contribution in [-0.2, 0) is 20.4 Å². The molecule has 0 saturated heterocycles. The molecule has 0 aromatic rings. The van der Waals surface area contributed by atoms with Crippen LogP contribution in [-0.4, -0.2) is 19.4 Å². The van der Waals surface area contributed by atoms with E-state index in [1.54, 1.807) is 0 Å². The van der Waals surface area contributed by atoms with Crippen LogP contribution in [0.15, 0.2) is 0 Å². The number of rotatable bonds is 0. The van der Waals surface area contributed by atoms with Crippen LogP contribution < -0.4 is 6.15 Å². The monoisotopic (exact) mass is 169 g/mol. The second-order valence-corrected chi connectivity index (χ2v) is 0. The summed E-state index contributed by atoms with van der Waals surface area (Å²) in [5, 5.41) is 0. The minimum absolute atomic E-state index is 0. The average molecular weight is 169 g/mol. The van der Waals surface area contributed by atoms with Crippen molar-refractivity contribution < 1.29 is 20.4 Å². The van der Waals surface area contributed by atoms with Gasteiger partial charge in [0.2, 0.25) is 0 Å². The number of hydrogen-bond acceptors (Lipinski definition) is 1. The molecule has 0 aromatic heterocycles. The molecule has 0 aliphatic carbocycles. The van der Waals surface area contributed by atoms with Crippen LogP contribution in [0.25, 0.3) is 0 Å². The second kappa shape index (κ2) is 40.3. The van der Waals surface area contributed by atoms with Crippen LogP contribution in [0.1, 0.15) is 0 Å². The zero-order valence-corrected chi connectivity index (χ0v) is 2.58. The van der Waals surface area contributed by atoms with Gasteiger partial charge in [-0.3, -0.25) is 0 Å². The predicted molar refractivity (Wildman–Crippen MR) is 26.3 cm³/mol. The van der Waals surface area contributed by atoms with Crippen molar-refractivity contribution in [1.82, 2.24) is 6.15 Å². The van der Waals surface area contributed by atoms with Gasteiger partial charge in [0, 0.05) is 20.4 Å². The zero-order valence-electron chi connectivity index (χ0n) is 1.02. The van der Waals surface area contributed by atoms with Gasteiger partial charge in [-0.25, -0.2) is 0 Å². The van der Waals surface area contributed by atoms with E-state index in [0.29, 0.717) is 0 Å². The molecule has 4 heteroatoms. The van der Waals surface area contributed by atoms with E-state index in [1.165, 1.54) is 0 Å². The first-order chi connectivity index (χ1) is 0. The molecule has 0 rings (SSSR count). The summed E-state index contributed by atoms with van der Waals surface area (Å²) in [5.41, 5.74) is 0. The van der Waals surface area contributed by atoms with Gasteiger partial charge in [0.25, 0.3) is 0 Å². The van der Waals surface area contributed by atoms with Gasteiger partial charge in [-0.15, -0.1) is 0 Å². The first kappa shape index (κ1) is 91.4. The summed E-state index contributed by atoms with van der Waals surface area (Å²) >= 11 is 0. The number of hydrogen-bond donors (Lipinski definition) is 1. The van der Waals surface area contributed by atoms with Crippen molar-refractivity contribution in [1.29, 1.82) is 0 Å². The topological polar surface area (TPSA) is 35.0 Å². The summed E-state index contributed by atoms with van der Waals surface area (Å²) in [4.78, 5) is 0. The molecule has 0 atom stereocenters. The van der Waals surface area contributed by atoms with E-state index < -0.39 is 0 Å². The van der Waals surface area contributed by atoms with Gasteiger partial charge in [-0.05, 0) is 11.0 Å². The molecule has 1 nitrogen and oxygen atoms in total. The molecule has 0 bridgehead atoms. The predicted octanol–water partition coefficient (Wildman–Crippen LogP) is -2.48. The minimum atomic E-state index is 0. The molecular formula is H10BNPdSi. The molecule has 4 heavy (non-hydrogen) atoms. The Bertz CT molecular complexity index is 8.00. The Kier molecular flexibility index (Phi) is 921. The Labute approximate surface area is 46.4 Å². The van der Waals surface area contributed by atoms with E-state index in [0.717, 1.165) is 0 Å². The van der Waals surface area contributed by atoms with Crippen molar-refractivity contribution in [2.45, 2.75) is 0 Å². The molecule has 0 aromatic carbocycles. The summed E-state index contributed by atoms with van der Waals surface area (Å²) in [6, 6.07) is 0. The molecule has 0 aliphatic heterocycles. The van der Waals surface area contributed by atoms with Crippen molar-refractivity contribution in [3.8, 4) is 0 Å². The smallest absolute Gasteiger partial charge is 0.0814 e. The fraction of sp³-hybridized carbons (Fsp3) is 0. The van der Waals surface area contributed by atoms with Crippen molar-refractivity contribution in [2.24, 2.45) is 0 Å². The van der Waals surface area contributed by atoms with Crippen LogP contribution in [0.2, 0.25) is 0 Å². The third kappa shape index (κ3) is 12.9. The third-order valence-electron chi connectivity index (χ3n) is 0. The maximum Gasteiger partial charge on any atom is 0.0814 e. The van der Waals surface area contributed by atoms with Gasteiger partial charge >= 0.3 is 0 Å². The first-order valence-corrected chi connectivity index (χ1v) is 0. The largest absolute Gasteiger partial charge is 0.344 e. The Morgan fingerprint density at radius 1 is 1.00 bits per heavy atom. The third-order valence-corrected chi connectivity index (χ3v) is 0. The van der Waals surface area contributed by atoms with E-state index in [4.69, 9.17) is 0 Å². The summed E-state index contributed by atoms with van der Waals surface area (Å²) in [7, 11) is 0. The normalized spacial score (nSPS) is 0. The minimum Gasteiger partial charge on any atom is -0.344 e.